The molecule has 0 radical (unpaired) electrons. The van der Waals surface area contributed by atoms with Gasteiger partial charge in [-0.2, -0.15) is 0 Å². The van der Waals surface area contributed by atoms with Gasteiger partial charge >= 0.3 is 0 Å². The van der Waals surface area contributed by atoms with Gasteiger partial charge in [0.15, 0.2) is 0 Å². The predicted molar refractivity (Wildman–Crippen MR) is 85.2 cm³/mol. The minimum atomic E-state index is -0.611. The van der Waals surface area contributed by atoms with Crippen LogP contribution in [0.4, 0.5) is 8.78 Å². The molecule has 0 aliphatic carbocycles. The van der Waals surface area contributed by atoms with Gasteiger partial charge in [-0.3, -0.25) is 0 Å². The van der Waals surface area contributed by atoms with Crippen LogP contribution in [0.2, 0.25) is 5.02 Å². The van der Waals surface area contributed by atoms with Crippen LogP contribution in [0.25, 0.3) is 0 Å². The SMILES string of the molecule is CC(C)(C)c1ccc(C(Br)c2cc(F)c(Cl)cc2F)s1. The van der Waals surface area contributed by atoms with E-state index in [0.717, 1.165) is 17.0 Å². The Morgan fingerprint density at radius 2 is 1.80 bits per heavy atom. The molecule has 0 amide bonds. The van der Waals surface area contributed by atoms with Crippen molar-refractivity contribution in [3.05, 3.63) is 56.2 Å². The standard InChI is InChI=1S/C15H14BrClF2S/c1-15(2,3)13-5-4-12(20-13)14(16)8-6-11(19)9(17)7-10(8)18/h4-7,14H,1-3H3. The Bertz CT molecular complexity index is 631. The smallest absolute Gasteiger partial charge is 0.142 e. The van der Waals surface area contributed by atoms with Crippen LogP contribution in [-0.2, 0) is 5.41 Å². The zero-order valence-corrected chi connectivity index (χ0v) is 14.5. The van der Waals surface area contributed by atoms with E-state index >= 15 is 0 Å². The van der Waals surface area contributed by atoms with Crippen molar-refractivity contribution in [2.45, 2.75) is 31.0 Å². The third-order valence-corrected chi connectivity index (χ3v) is 6.08. The molecular formula is C15H14BrClF2S. The highest BCUT2D eigenvalue weighted by atomic mass is 79.9. The van der Waals surface area contributed by atoms with Gasteiger partial charge in [0.1, 0.15) is 11.6 Å². The summed E-state index contributed by atoms with van der Waals surface area (Å²) in [5.41, 5.74) is 0.300. The molecule has 2 rings (SSSR count). The maximum absolute atomic E-state index is 13.9. The molecule has 1 atom stereocenters. The number of hydrogen-bond donors (Lipinski definition) is 0. The molecular weight excluding hydrogens is 366 g/mol. The zero-order valence-electron chi connectivity index (χ0n) is 11.3. The van der Waals surface area contributed by atoms with Crippen molar-refractivity contribution >= 4 is 38.9 Å². The first-order chi connectivity index (χ1) is 9.20. The maximum Gasteiger partial charge on any atom is 0.142 e. The minimum absolute atomic E-state index is 0.0411. The Balaban J connectivity index is 2.39. The third kappa shape index (κ3) is 3.23. The molecule has 1 aromatic heterocycles. The summed E-state index contributed by atoms with van der Waals surface area (Å²) in [6.07, 6.45) is 0. The molecule has 1 unspecified atom stereocenters. The van der Waals surface area contributed by atoms with E-state index in [0.29, 0.717) is 0 Å². The van der Waals surface area contributed by atoms with Crippen molar-refractivity contribution in [2.75, 3.05) is 0 Å². The number of alkyl halides is 1. The number of benzene rings is 1. The van der Waals surface area contributed by atoms with E-state index in [-0.39, 0.29) is 20.8 Å². The van der Waals surface area contributed by atoms with E-state index in [1.807, 2.05) is 12.1 Å². The molecule has 0 aliphatic heterocycles. The van der Waals surface area contributed by atoms with Crippen molar-refractivity contribution < 1.29 is 8.78 Å². The van der Waals surface area contributed by atoms with Crippen LogP contribution in [-0.4, -0.2) is 0 Å². The summed E-state index contributed by atoms with van der Waals surface area (Å²) in [5.74, 6) is -1.12. The topological polar surface area (TPSA) is 0 Å². The summed E-state index contributed by atoms with van der Waals surface area (Å²) in [6, 6.07) is 6.13. The van der Waals surface area contributed by atoms with E-state index in [1.165, 1.54) is 4.88 Å². The molecule has 1 aromatic carbocycles. The predicted octanol–water partition coefficient (Wildman–Crippen LogP) is 6.46. The van der Waals surface area contributed by atoms with Crippen LogP contribution in [0.5, 0.6) is 0 Å². The second-order valence-electron chi connectivity index (χ2n) is 5.60. The van der Waals surface area contributed by atoms with E-state index in [2.05, 4.69) is 36.7 Å². The lowest BCUT2D eigenvalue weighted by Crippen LogP contribution is -2.07. The fourth-order valence-corrected chi connectivity index (χ4v) is 3.77. The van der Waals surface area contributed by atoms with Crippen molar-refractivity contribution in [3.63, 3.8) is 0 Å². The van der Waals surface area contributed by atoms with Gasteiger partial charge in [-0.05, 0) is 29.7 Å². The highest BCUT2D eigenvalue weighted by Crippen LogP contribution is 2.40. The molecule has 108 valence electrons. The molecule has 0 N–H and O–H groups in total. The van der Waals surface area contributed by atoms with Crippen molar-refractivity contribution in [2.24, 2.45) is 0 Å². The Hall–Kier alpha value is -0.450. The summed E-state index contributed by atoms with van der Waals surface area (Å²) < 4.78 is 27.4. The van der Waals surface area contributed by atoms with Gasteiger partial charge in [-0.25, -0.2) is 8.78 Å². The van der Waals surface area contributed by atoms with Crippen molar-refractivity contribution in [1.29, 1.82) is 0 Å². The molecule has 0 saturated carbocycles. The number of thiophene rings is 1. The second kappa shape index (κ2) is 5.74. The molecule has 2 aromatic rings. The first-order valence-electron chi connectivity index (χ1n) is 6.09. The molecule has 0 nitrogen and oxygen atoms in total. The first-order valence-corrected chi connectivity index (χ1v) is 8.20. The fraction of sp³-hybridized carbons (Fsp3) is 0.333. The minimum Gasteiger partial charge on any atom is -0.207 e. The van der Waals surface area contributed by atoms with E-state index in [1.54, 1.807) is 11.3 Å². The molecule has 0 saturated heterocycles. The summed E-state index contributed by atoms with van der Waals surface area (Å²) in [4.78, 5) is 1.76. The van der Waals surface area contributed by atoms with Crippen LogP contribution < -0.4 is 0 Å². The van der Waals surface area contributed by atoms with Crippen LogP contribution in [0.1, 0.15) is 40.9 Å². The highest BCUT2D eigenvalue weighted by molar-refractivity contribution is 9.09. The van der Waals surface area contributed by atoms with Crippen LogP contribution in [0.3, 0.4) is 0 Å². The average molecular weight is 380 g/mol. The van der Waals surface area contributed by atoms with Crippen LogP contribution in [0.15, 0.2) is 24.3 Å². The summed E-state index contributed by atoms with van der Waals surface area (Å²) >= 11 is 10.6. The molecule has 0 aliphatic rings. The average Bonchev–Trinajstić information content (AvgIpc) is 2.82. The second-order valence-corrected chi connectivity index (χ2v) is 8.04. The quantitative estimate of drug-likeness (QED) is 0.415. The molecule has 20 heavy (non-hydrogen) atoms. The third-order valence-electron chi connectivity index (χ3n) is 2.93. The van der Waals surface area contributed by atoms with Gasteiger partial charge in [0.2, 0.25) is 0 Å². The normalized spacial score (nSPS) is 13.6. The summed E-state index contributed by atoms with van der Waals surface area (Å²) in [5, 5.41) is -0.201. The van der Waals surface area contributed by atoms with Crippen LogP contribution in [0, 0.1) is 11.6 Å². The lowest BCUT2D eigenvalue weighted by molar-refractivity contribution is 0.589. The molecule has 0 fully saturated rings. The molecule has 5 heteroatoms. The van der Waals surface area contributed by atoms with Gasteiger partial charge in [-0.1, -0.05) is 48.3 Å². The molecule has 1 heterocycles. The maximum atomic E-state index is 13.9. The fourth-order valence-electron chi connectivity index (χ4n) is 1.78. The van der Waals surface area contributed by atoms with Crippen molar-refractivity contribution in [3.8, 4) is 0 Å². The Labute approximate surface area is 134 Å². The van der Waals surface area contributed by atoms with Gasteiger partial charge < -0.3 is 0 Å². The van der Waals surface area contributed by atoms with E-state index < -0.39 is 11.6 Å². The van der Waals surface area contributed by atoms with Gasteiger partial charge in [0, 0.05) is 15.3 Å². The molecule has 0 spiro atoms. The number of halogens is 4. The van der Waals surface area contributed by atoms with Crippen molar-refractivity contribution in [1.82, 2.24) is 0 Å². The largest absolute Gasteiger partial charge is 0.207 e. The van der Waals surface area contributed by atoms with Crippen LogP contribution >= 0.6 is 38.9 Å². The lowest BCUT2D eigenvalue weighted by Gasteiger charge is -2.16. The lowest BCUT2D eigenvalue weighted by atomic mass is 9.95. The Morgan fingerprint density at radius 3 is 2.35 bits per heavy atom. The highest BCUT2D eigenvalue weighted by Gasteiger charge is 2.22. The summed E-state index contributed by atoms with van der Waals surface area (Å²) in [7, 11) is 0. The zero-order chi connectivity index (χ0) is 15.1. The number of hydrogen-bond acceptors (Lipinski definition) is 1. The Morgan fingerprint density at radius 1 is 1.15 bits per heavy atom. The summed E-state index contributed by atoms with van der Waals surface area (Å²) in [6.45, 7) is 6.36. The van der Waals surface area contributed by atoms with Gasteiger partial charge in [-0.15, -0.1) is 11.3 Å². The van der Waals surface area contributed by atoms with Gasteiger partial charge in [0.25, 0.3) is 0 Å². The van der Waals surface area contributed by atoms with E-state index in [4.69, 9.17) is 11.6 Å². The Kier molecular flexibility index (Phi) is 4.57. The van der Waals surface area contributed by atoms with E-state index in [9.17, 15) is 8.78 Å². The monoisotopic (exact) mass is 378 g/mol. The number of rotatable bonds is 2. The first kappa shape index (κ1) is 15.9. The van der Waals surface area contributed by atoms with Gasteiger partial charge in [0.05, 0.1) is 9.85 Å². The molecule has 0 bridgehead atoms.